The van der Waals surface area contributed by atoms with Crippen molar-refractivity contribution < 1.29 is 14.3 Å². The first-order valence-electron chi connectivity index (χ1n) is 8.08. The first-order valence-corrected chi connectivity index (χ1v) is 8.08. The van der Waals surface area contributed by atoms with Gasteiger partial charge < -0.3 is 4.74 Å². The predicted octanol–water partition coefficient (Wildman–Crippen LogP) is 4.06. The summed E-state index contributed by atoms with van der Waals surface area (Å²) in [5.41, 5.74) is 0.892. The SMILES string of the molecule is C[C@@H]1CCCC2=CC(=O)[C@@H](CC(=O)OC(C)(C)C)C[C@]21C. The van der Waals surface area contributed by atoms with Gasteiger partial charge >= 0.3 is 5.97 Å². The van der Waals surface area contributed by atoms with E-state index in [1.165, 1.54) is 18.4 Å². The third-order valence-corrected chi connectivity index (χ3v) is 5.13. The van der Waals surface area contributed by atoms with Crippen molar-refractivity contribution in [2.24, 2.45) is 17.3 Å². The molecule has 0 bridgehead atoms. The first-order chi connectivity index (χ1) is 9.62. The molecule has 2 rings (SSSR count). The summed E-state index contributed by atoms with van der Waals surface area (Å²) < 4.78 is 5.37. The molecule has 0 aliphatic heterocycles. The van der Waals surface area contributed by atoms with Crippen molar-refractivity contribution in [3.05, 3.63) is 11.6 Å². The van der Waals surface area contributed by atoms with Gasteiger partial charge in [-0.05, 0) is 63.9 Å². The van der Waals surface area contributed by atoms with Gasteiger partial charge in [-0.15, -0.1) is 0 Å². The van der Waals surface area contributed by atoms with Crippen LogP contribution in [-0.4, -0.2) is 17.4 Å². The van der Waals surface area contributed by atoms with Gasteiger partial charge in [0.1, 0.15) is 5.60 Å². The molecule has 118 valence electrons. The van der Waals surface area contributed by atoms with Gasteiger partial charge in [0, 0.05) is 5.92 Å². The van der Waals surface area contributed by atoms with Crippen LogP contribution in [0.3, 0.4) is 0 Å². The molecule has 0 aromatic carbocycles. The van der Waals surface area contributed by atoms with Gasteiger partial charge in [0.2, 0.25) is 0 Å². The summed E-state index contributed by atoms with van der Waals surface area (Å²) in [7, 11) is 0. The van der Waals surface area contributed by atoms with E-state index in [0.29, 0.717) is 5.92 Å². The van der Waals surface area contributed by atoms with Crippen molar-refractivity contribution in [3.63, 3.8) is 0 Å². The van der Waals surface area contributed by atoms with E-state index in [-0.39, 0.29) is 29.5 Å². The van der Waals surface area contributed by atoms with E-state index in [0.717, 1.165) is 12.8 Å². The van der Waals surface area contributed by atoms with Crippen LogP contribution in [0.1, 0.15) is 66.7 Å². The fraction of sp³-hybridized carbons (Fsp3) is 0.778. The fourth-order valence-corrected chi connectivity index (χ4v) is 3.75. The number of carbonyl (C=O) groups excluding carboxylic acids is 2. The second-order valence-corrected chi connectivity index (χ2v) is 7.97. The third-order valence-electron chi connectivity index (χ3n) is 5.13. The average Bonchev–Trinajstić information content (AvgIpc) is 2.31. The molecule has 0 aromatic rings. The summed E-state index contributed by atoms with van der Waals surface area (Å²) >= 11 is 0. The van der Waals surface area contributed by atoms with Gasteiger partial charge in [-0.3, -0.25) is 9.59 Å². The highest BCUT2D eigenvalue weighted by atomic mass is 16.6. The largest absolute Gasteiger partial charge is 0.460 e. The quantitative estimate of drug-likeness (QED) is 0.721. The molecule has 0 radical (unpaired) electrons. The maximum Gasteiger partial charge on any atom is 0.307 e. The standard InChI is InChI=1S/C18H28O3/c1-12-7-6-8-14-10-15(19)13(11-18(12,14)5)9-16(20)21-17(2,3)4/h10,12-13H,6-9,11H2,1-5H3/t12-,13+,18+/m1/s1. The second kappa shape index (κ2) is 5.58. The minimum absolute atomic E-state index is 0.0822. The van der Waals surface area contributed by atoms with Crippen LogP contribution in [0.4, 0.5) is 0 Å². The highest BCUT2D eigenvalue weighted by Gasteiger charge is 2.44. The van der Waals surface area contributed by atoms with Gasteiger partial charge in [0.25, 0.3) is 0 Å². The number of hydrogen-bond acceptors (Lipinski definition) is 3. The Morgan fingerprint density at radius 2 is 2.10 bits per heavy atom. The van der Waals surface area contributed by atoms with Crippen LogP contribution >= 0.6 is 0 Å². The summed E-state index contributed by atoms with van der Waals surface area (Å²) in [6, 6.07) is 0. The number of esters is 1. The lowest BCUT2D eigenvalue weighted by Crippen LogP contribution is -2.40. The maximum absolute atomic E-state index is 12.3. The van der Waals surface area contributed by atoms with Crippen LogP contribution in [0.15, 0.2) is 11.6 Å². The van der Waals surface area contributed by atoms with Gasteiger partial charge in [0.05, 0.1) is 6.42 Å². The van der Waals surface area contributed by atoms with Crippen LogP contribution in [0.25, 0.3) is 0 Å². The predicted molar refractivity (Wildman–Crippen MR) is 82.8 cm³/mol. The Hall–Kier alpha value is -1.12. The molecule has 0 aromatic heterocycles. The van der Waals surface area contributed by atoms with Crippen molar-refractivity contribution in [2.75, 3.05) is 0 Å². The average molecular weight is 292 g/mol. The van der Waals surface area contributed by atoms with E-state index in [1.54, 1.807) is 0 Å². The molecule has 1 saturated carbocycles. The zero-order chi connectivity index (χ0) is 15.8. The summed E-state index contributed by atoms with van der Waals surface area (Å²) in [5, 5.41) is 0. The molecule has 1 fully saturated rings. The Balaban J connectivity index is 2.11. The summed E-state index contributed by atoms with van der Waals surface area (Å²) in [4.78, 5) is 24.3. The molecular formula is C18H28O3. The maximum atomic E-state index is 12.3. The Kier molecular flexibility index (Phi) is 4.32. The third kappa shape index (κ3) is 3.56. The zero-order valence-electron chi connectivity index (χ0n) is 14.0. The molecule has 3 atom stereocenters. The number of carbonyl (C=O) groups is 2. The number of allylic oxidation sites excluding steroid dienone is 2. The zero-order valence-corrected chi connectivity index (χ0v) is 14.0. The second-order valence-electron chi connectivity index (χ2n) is 7.97. The van der Waals surface area contributed by atoms with Crippen LogP contribution in [0.2, 0.25) is 0 Å². The normalized spacial score (nSPS) is 33.2. The molecule has 0 amide bonds. The van der Waals surface area contributed by atoms with E-state index in [4.69, 9.17) is 4.74 Å². The van der Waals surface area contributed by atoms with E-state index in [9.17, 15) is 9.59 Å². The lowest BCUT2D eigenvalue weighted by molar-refractivity contribution is -0.157. The molecule has 0 N–H and O–H groups in total. The number of rotatable bonds is 2. The lowest BCUT2D eigenvalue weighted by atomic mass is 9.58. The number of fused-ring (bicyclic) bond motifs is 1. The highest BCUT2D eigenvalue weighted by molar-refractivity contribution is 5.95. The summed E-state index contributed by atoms with van der Waals surface area (Å²) in [5.74, 6) is 0.216. The molecular weight excluding hydrogens is 264 g/mol. The monoisotopic (exact) mass is 292 g/mol. The number of ether oxygens (including phenoxy) is 1. The summed E-state index contributed by atoms with van der Waals surface area (Å²) in [6.07, 6.45) is 6.24. The van der Waals surface area contributed by atoms with Crippen molar-refractivity contribution in [1.82, 2.24) is 0 Å². The fourth-order valence-electron chi connectivity index (χ4n) is 3.75. The Bertz CT molecular complexity index is 469. The number of hydrogen-bond donors (Lipinski definition) is 0. The smallest absolute Gasteiger partial charge is 0.307 e. The van der Waals surface area contributed by atoms with Crippen molar-refractivity contribution in [1.29, 1.82) is 0 Å². The van der Waals surface area contributed by atoms with E-state index in [1.807, 2.05) is 26.8 Å². The summed E-state index contributed by atoms with van der Waals surface area (Å²) in [6.45, 7) is 10.1. The van der Waals surface area contributed by atoms with E-state index >= 15 is 0 Å². The van der Waals surface area contributed by atoms with Crippen molar-refractivity contribution >= 4 is 11.8 Å². The van der Waals surface area contributed by atoms with Crippen LogP contribution in [0, 0.1) is 17.3 Å². The lowest BCUT2D eigenvalue weighted by Gasteiger charge is -2.46. The Morgan fingerprint density at radius 3 is 2.71 bits per heavy atom. The van der Waals surface area contributed by atoms with Gasteiger partial charge in [-0.2, -0.15) is 0 Å². The molecule has 3 heteroatoms. The van der Waals surface area contributed by atoms with E-state index < -0.39 is 5.60 Å². The van der Waals surface area contributed by atoms with Crippen molar-refractivity contribution in [3.8, 4) is 0 Å². The minimum Gasteiger partial charge on any atom is -0.460 e. The Morgan fingerprint density at radius 1 is 1.43 bits per heavy atom. The topological polar surface area (TPSA) is 43.4 Å². The molecule has 2 aliphatic carbocycles. The Labute approximate surface area is 128 Å². The van der Waals surface area contributed by atoms with Gasteiger partial charge in [-0.25, -0.2) is 0 Å². The molecule has 21 heavy (non-hydrogen) atoms. The van der Waals surface area contributed by atoms with Crippen LogP contribution in [-0.2, 0) is 14.3 Å². The number of ketones is 1. The highest BCUT2D eigenvalue weighted by Crippen LogP contribution is 2.51. The van der Waals surface area contributed by atoms with E-state index in [2.05, 4.69) is 13.8 Å². The first kappa shape index (κ1) is 16.3. The van der Waals surface area contributed by atoms with Crippen LogP contribution in [0.5, 0.6) is 0 Å². The molecule has 0 saturated heterocycles. The molecule has 0 unspecified atom stereocenters. The van der Waals surface area contributed by atoms with Gasteiger partial charge in [0.15, 0.2) is 5.78 Å². The van der Waals surface area contributed by atoms with Crippen LogP contribution < -0.4 is 0 Å². The molecule has 0 spiro atoms. The minimum atomic E-state index is -0.488. The van der Waals surface area contributed by atoms with Gasteiger partial charge in [-0.1, -0.05) is 19.4 Å². The molecule has 0 heterocycles. The molecule has 3 nitrogen and oxygen atoms in total. The molecule has 2 aliphatic rings. The van der Waals surface area contributed by atoms with Crippen molar-refractivity contribution in [2.45, 2.75) is 72.3 Å².